The lowest BCUT2D eigenvalue weighted by molar-refractivity contribution is 0.139. The number of halogens is 1. The molecule has 0 spiro atoms. The fraction of sp³-hybridized carbons (Fsp3) is 0.286. The van der Waals surface area contributed by atoms with Crippen LogP contribution in [0.4, 0.5) is 0 Å². The molecule has 1 aliphatic rings. The lowest BCUT2D eigenvalue weighted by Crippen LogP contribution is -2.16. The lowest BCUT2D eigenvalue weighted by atomic mass is 10.0. The van der Waals surface area contributed by atoms with Gasteiger partial charge in [-0.25, -0.2) is 4.98 Å². The molecule has 2 aromatic rings. The third-order valence-electron chi connectivity index (χ3n) is 3.47. The van der Waals surface area contributed by atoms with Gasteiger partial charge in [-0.05, 0) is 31.0 Å². The predicted octanol–water partition coefficient (Wildman–Crippen LogP) is 2.90. The van der Waals surface area contributed by atoms with Crippen LogP contribution in [0.1, 0.15) is 30.2 Å². The van der Waals surface area contributed by atoms with E-state index in [-0.39, 0.29) is 0 Å². The van der Waals surface area contributed by atoms with Crippen molar-refractivity contribution in [3.63, 3.8) is 0 Å². The number of pyridine rings is 1. The minimum absolute atomic E-state index is 0.410. The minimum atomic E-state index is -0.576. The first-order valence-corrected chi connectivity index (χ1v) is 6.52. The summed E-state index contributed by atoms with van der Waals surface area (Å²) in [7, 11) is 0. The van der Waals surface area contributed by atoms with Crippen LogP contribution in [0.5, 0.6) is 0 Å². The van der Waals surface area contributed by atoms with Crippen LogP contribution in [0.25, 0.3) is 11.3 Å². The number of aliphatic hydroxyl groups excluding tert-OH is 1. The smallest absolute Gasteiger partial charge is 0.138 e. The molecule has 1 aliphatic heterocycles. The molecule has 0 bridgehead atoms. The molecule has 1 atom stereocenters. The van der Waals surface area contributed by atoms with Gasteiger partial charge in [-0.15, -0.1) is 0 Å². The number of fused-ring (bicyclic) bond motifs is 1. The zero-order valence-electron chi connectivity index (χ0n) is 10.2. The van der Waals surface area contributed by atoms with Gasteiger partial charge >= 0.3 is 0 Å². The maximum absolute atomic E-state index is 10.1. The average Bonchev–Trinajstić information content (AvgIpc) is 2.79. The van der Waals surface area contributed by atoms with Crippen LogP contribution < -0.4 is 0 Å². The van der Waals surface area contributed by atoms with E-state index < -0.39 is 6.10 Å². The first-order chi connectivity index (χ1) is 9.22. The molecule has 0 aromatic carbocycles. The second-order valence-electron chi connectivity index (χ2n) is 4.59. The van der Waals surface area contributed by atoms with Crippen LogP contribution in [-0.4, -0.2) is 14.7 Å². The molecule has 1 unspecified atom stereocenters. The molecule has 3 rings (SSSR count). The van der Waals surface area contributed by atoms with Gasteiger partial charge in [-0.1, -0.05) is 11.6 Å². The summed E-state index contributed by atoms with van der Waals surface area (Å²) >= 11 is 6.12. The molecule has 3 heterocycles. The number of nitriles is 1. The van der Waals surface area contributed by atoms with Crippen LogP contribution in [0.15, 0.2) is 24.4 Å². The van der Waals surface area contributed by atoms with E-state index in [1.807, 2.05) is 16.7 Å². The summed E-state index contributed by atoms with van der Waals surface area (Å²) in [5, 5.41) is 19.7. The first-order valence-electron chi connectivity index (χ1n) is 6.15. The predicted molar refractivity (Wildman–Crippen MR) is 71.6 cm³/mol. The summed E-state index contributed by atoms with van der Waals surface area (Å²) in [4.78, 5) is 4.07. The van der Waals surface area contributed by atoms with Crippen molar-refractivity contribution in [2.45, 2.75) is 25.5 Å². The molecule has 0 aliphatic carbocycles. The van der Waals surface area contributed by atoms with Crippen molar-refractivity contribution < 1.29 is 5.11 Å². The van der Waals surface area contributed by atoms with Crippen LogP contribution in [-0.2, 0) is 6.54 Å². The van der Waals surface area contributed by atoms with Gasteiger partial charge in [-0.2, -0.15) is 5.26 Å². The van der Waals surface area contributed by atoms with E-state index in [4.69, 9.17) is 11.6 Å². The molecule has 0 amide bonds. The van der Waals surface area contributed by atoms with Gasteiger partial charge in [0.2, 0.25) is 0 Å². The van der Waals surface area contributed by atoms with E-state index >= 15 is 0 Å². The Bertz CT molecular complexity index is 672. The zero-order valence-corrected chi connectivity index (χ0v) is 10.9. The fourth-order valence-electron chi connectivity index (χ4n) is 2.63. The molecule has 19 heavy (non-hydrogen) atoms. The summed E-state index contributed by atoms with van der Waals surface area (Å²) < 4.78 is 1.98. The van der Waals surface area contributed by atoms with Gasteiger partial charge in [0.25, 0.3) is 0 Å². The van der Waals surface area contributed by atoms with E-state index in [9.17, 15) is 10.4 Å². The highest BCUT2D eigenvalue weighted by atomic mass is 35.5. The van der Waals surface area contributed by atoms with Crippen LogP contribution in [0, 0.1) is 11.3 Å². The Labute approximate surface area is 115 Å². The Morgan fingerprint density at radius 3 is 3.11 bits per heavy atom. The van der Waals surface area contributed by atoms with Crippen molar-refractivity contribution in [3.8, 4) is 17.3 Å². The fourth-order valence-corrected chi connectivity index (χ4v) is 2.85. The molecule has 96 valence electrons. The second-order valence-corrected chi connectivity index (χ2v) is 4.95. The number of hydrogen-bond acceptors (Lipinski definition) is 3. The molecular weight excluding hydrogens is 262 g/mol. The Morgan fingerprint density at radius 1 is 1.53 bits per heavy atom. The number of aromatic nitrogens is 2. The zero-order chi connectivity index (χ0) is 13.4. The summed E-state index contributed by atoms with van der Waals surface area (Å²) in [5.74, 6) is 0. The van der Waals surface area contributed by atoms with Gasteiger partial charge in [0, 0.05) is 18.3 Å². The van der Waals surface area contributed by atoms with E-state index in [2.05, 4.69) is 11.1 Å². The molecule has 5 heteroatoms. The van der Waals surface area contributed by atoms with Crippen molar-refractivity contribution >= 4 is 11.6 Å². The average molecular weight is 274 g/mol. The number of aliphatic hydroxyl groups is 1. The lowest BCUT2D eigenvalue weighted by Gasteiger charge is -2.23. The highest BCUT2D eigenvalue weighted by Gasteiger charge is 2.26. The van der Waals surface area contributed by atoms with Crippen LogP contribution in [0.3, 0.4) is 0 Å². The second kappa shape index (κ2) is 4.69. The molecule has 4 nitrogen and oxygen atoms in total. The normalized spacial score (nSPS) is 17.8. The van der Waals surface area contributed by atoms with Crippen molar-refractivity contribution in [3.05, 3.63) is 40.8 Å². The molecule has 0 saturated heterocycles. The van der Waals surface area contributed by atoms with Crippen molar-refractivity contribution in [2.75, 3.05) is 0 Å². The minimum Gasteiger partial charge on any atom is -0.387 e. The molecule has 0 radical (unpaired) electrons. The maximum atomic E-state index is 10.1. The summed E-state index contributed by atoms with van der Waals surface area (Å²) in [5.41, 5.74) is 2.86. The third-order valence-corrected chi connectivity index (χ3v) is 3.77. The summed E-state index contributed by atoms with van der Waals surface area (Å²) in [6.07, 6.45) is 2.64. The monoisotopic (exact) mass is 273 g/mol. The Kier molecular flexibility index (Phi) is 3.02. The van der Waals surface area contributed by atoms with Crippen LogP contribution >= 0.6 is 11.6 Å². The highest BCUT2D eigenvalue weighted by Crippen LogP contribution is 2.36. The standard InChI is InChI=1S/C14H12ClN3O/c15-14-10(3-1-5-17-14)11-7-9(8-16)13-12(19)4-2-6-18(11)13/h1,3,5,7,12,19H,2,4,6H2. The van der Waals surface area contributed by atoms with Crippen molar-refractivity contribution in [1.29, 1.82) is 5.26 Å². The van der Waals surface area contributed by atoms with E-state index in [0.29, 0.717) is 22.8 Å². The van der Waals surface area contributed by atoms with Crippen molar-refractivity contribution in [2.24, 2.45) is 0 Å². The van der Waals surface area contributed by atoms with Gasteiger partial charge in [0.1, 0.15) is 11.2 Å². The molecule has 2 aromatic heterocycles. The molecular formula is C14H12ClN3O. The highest BCUT2D eigenvalue weighted by molar-refractivity contribution is 6.32. The van der Waals surface area contributed by atoms with Gasteiger partial charge < -0.3 is 9.67 Å². The van der Waals surface area contributed by atoms with E-state index in [1.165, 1.54) is 0 Å². The first kappa shape index (κ1) is 12.2. The van der Waals surface area contributed by atoms with Gasteiger partial charge in [0.15, 0.2) is 0 Å². The van der Waals surface area contributed by atoms with Gasteiger partial charge in [-0.3, -0.25) is 0 Å². The quantitative estimate of drug-likeness (QED) is 0.813. The van der Waals surface area contributed by atoms with E-state index in [0.717, 1.165) is 24.2 Å². The summed E-state index contributed by atoms with van der Waals surface area (Å²) in [6.45, 7) is 0.786. The SMILES string of the molecule is N#Cc1cc(-c2cccnc2Cl)n2c1C(O)CCC2. The third kappa shape index (κ3) is 1.92. The molecule has 1 N–H and O–H groups in total. The number of rotatable bonds is 1. The largest absolute Gasteiger partial charge is 0.387 e. The van der Waals surface area contributed by atoms with Crippen LogP contribution in [0.2, 0.25) is 5.15 Å². The topological polar surface area (TPSA) is 61.8 Å². The van der Waals surface area contributed by atoms with Gasteiger partial charge in [0.05, 0.1) is 23.1 Å². The van der Waals surface area contributed by atoms with E-state index in [1.54, 1.807) is 12.3 Å². The Balaban J connectivity index is 2.24. The Hall–Kier alpha value is -1.83. The Morgan fingerprint density at radius 2 is 2.37 bits per heavy atom. The molecule has 0 fully saturated rings. The number of hydrogen-bond donors (Lipinski definition) is 1. The maximum Gasteiger partial charge on any atom is 0.138 e. The molecule has 0 saturated carbocycles. The van der Waals surface area contributed by atoms with Crippen molar-refractivity contribution in [1.82, 2.24) is 9.55 Å². The number of nitrogens with zero attached hydrogens (tertiary/aromatic N) is 3. The summed E-state index contributed by atoms with van der Waals surface area (Å²) in [6, 6.07) is 7.62.